The summed E-state index contributed by atoms with van der Waals surface area (Å²) in [7, 11) is 0. The molecule has 0 bridgehead atoms. The van der Waals surface area contributed by atoms with E-state index < -0.39 is 0 Å². The zero-order valence-electron chi connectivity index (χ0n) is 8.29. The van der Waals surface area contributed by atoms with Crippen LogP contribution in [0.4, 0.5) is 0 Å². The summed E-state index contributed by atoms with van der Waals surface area (Å²) in [6, 6.07) is 0. The van der Waals surface area contributed by atoms with Crippen molar-refractivity contribution in [2.75, 3.05) is 6.54 Å². The minimum absolute atomic E-state index is 0.604. The Hall–Kier alpha value is -1.39. The molecule has 0 spiro atoms. The van der Waals surface area contributed by atoms with Gasteiger partial charge < -0.3 is 9.84 Å². The fraction of sp³-hybridized carbons (Fsp3) is 0.667. The molecule has 2 heterocycles. The molecule has 0 saturated heterocycles. The molecule has 2 rings (SSSR count). The lowest BCUT2D eigenvalue weighted by Crippen LogP contribution is -2.25. The van der Waals surface area contributed by atoms with Gasteiger partial charge in [0.25, 0.3) is 0 Å². The Morgan fingerprint density at radius 1 is 1.43 bits per heavy atom. The van der Waals surface area contributed by atoms with Gasteiger partial charge in [-0.25, -0.2) is 0 Å². The lowest BCUT2D eigenvalue weighted by molar-refractivity contribution is 0.387. The third kappa shape index (κ3) is 2.31. The Morgan fingerprint density at radius 3 is 3.00 bits per heavy atom. The summed E-state index contributed by atoms with van der Waals surface area (Å²) in [4.78, 5) is 8.47. The summed E-state index contributed by atoms with van der Waals surface area (Å²) in [6.07, 6.45) is 3.46. The van der Waals surface area contributed by atoms with E-state index in [1.807, 2.05) is 0 Å². The average molecular weight is 194 g/mol. The first-order valence-electron chi connectivity index (χ1n) is 4.91. The number of nitrogens with zero attached hydrogens (tertiary/aromatic N) is 3. The molecular weight excluding hydrogens is 180 g/mol. The molecule has 14 heavy (non-hydrogen) atoms. The second-order valence-corrected chi connectivity index (χ2v) is 3.37. The van der Waals surface area contributed by atoms with Crippen LogP contribution in [0.15, 0.2) is 9.52 Å². The van der Waals surface area contributed by atoms with Crippen molar-refractivity contribution in [2.24, 2.45) is 4.99 Å². The molecule has 0 atom stereocenters. The highest BCUT2D eigenvalue weighted by molar-refractivity contribution is 5.82. The number of aromatic nitrogens is 2. The number of aryl methyl sites for hydroxylation is 1. The van der Waals surface area contributed by atoms with Gasteiger partial charge in [-0.3, -0.25) is 4.99 Å². The van der Waals surface area contributed by atoms with E-state index in [0.717, 1.165) is 18.8 Å². The SMILES string of the molecule is Cc1nc(CNC2=NCCCC2)no1. The molecular formula is C9H14N4O. The Bertz CT molecular complexity index is 331. The number of hydrogen-bond donors (Lipinski definition) is 1. The van der Waals surface area contributed by atoms with Crippen molar-refractivity contribution in [2.45, 2.75) is 32.7 Å². The number of rotatable bonds is 2. The predicted octanol–water partition coefficient (Wildman–Crippen LogP) is 1.05. The van der Waals surface area contributed by atoms with E-state index in [1.54, 1.807) is 6.92 Å². The molecule has 1 aromatic heterocycles. The smallest absolute Gasteiger partial charge is 0.223 e. The highest BCUT2D eigenvalue weighted by Crippen LogP contribution is 2.04. The van der Waals surface area contributed by atoms with Crippen molar-refractivity contribution >= 4 is 5.84 Å². The van der Waals surface area contributed by atoms with Gasteiger partial charge in [0, 0.05) is 19.9 Å². The van der Waals surface area contributed by atoms with Gasteiger partial charge in [-0.2, -0.15) is 4.98 Å². The molecule has 0 fully saturated rings. The van der Waals surface area contributed by atoms with Crippen LogP contribution in [-0.4, -0.2) is 22.5 Å². The first-order chi connectivity index (χ1) is 6.84. The minimum atomic E-state index is 0.604. The molecule has 0 unspecified atom stereocenters. The molecule has 1 N–H and O–H groups in total. The Labute approximate surface area is 82.6 Å². The topological polar surface area (TPSA) is 63.3 Å². The number of hydrogen-bond acceptors (Lipinski definition) is 5. The lowest BCUT2D eigenvalue weighted by atomic mass is 10.2. The van der Waals surface area contributed by atoms with Gasteiger partial charge >= 0.3 is 0 Å². The predicted molar refractivity (Wildman–Crippen MR) is 52.0 cm³/mol. The maximum atomic E-state index is 4.86. The van der Waals surface area contributed by atoms with E-state index in [-0.39, 0.29) is 0 Å². The molecule has 1 aromatic rings. The standard InChI is InChI=1S/C9H14N4O/c1-7-12-9(13-14-7)6-11-8-4-2-3-5-10-8/h2-6H2,1H3,(H,10,11). The van der Waals surface area contributed by atoms with Crippen molar-refractivity contribution in [3.8, 4) is 0 Å². The van der Waals surface area contributed by atoms with Crippen LogP contribution in [-0.2, 0) is 6.54 Å². The van der Waals surface area contributed by atoms with Gasteiger partial charge in [-0.15, -0.1) is 0 Å². The summed E-state index contributed by atoms with van der Waals surface area (Å²) in [6.45, 7) is 3.33. The van der Waals surface area contributed by atoms with Crippen LogP contribution in [0.2, 0.25) is 0 Å². The van der Waals surface area contributed by atoms with Crippen molar-refractivity contribution in [1.82, 2.24) is 15.5 Å². The first-order valence-corrected chi connectivity index (χ1v) is 4.91. The van der Waals surface area contributed by atoms with E-state index in [9.17, 15) is 0 Å². The second-order valence-electron chi connectivity index (χ2n) is 3.37. The van der Waals surface area contributed by atoms with Gasteiger partial charge in [0.2, 0.25) is 5.89 Å². The largest absolute Gasteiger partial charge is 0.366 e. The highest BCUT2D eigenvalue weighted by Gasteiger charge is 2.06. The van der Waals surface area contributed by atoms with Gasteiger partial charge in [-0.1, -0.05) is 5.16 Å². The summed E-state index contributed by atoms with van der Waals surface area (Å²) in [5, 5.41) is 7.01. The molecule has 0 saturated carbocycles. The number of aliphatic imine (C=N–C) groups is 1. The van der Waals surface area contributed by atoms with Crippen LogP contribution in [0.25, 0.3) is 0 Å². The lowest BCUT2D eigenvalue weighted by Gasteiger charge is -2.12. The van der Waals surface area contributed by atoms with Crippen molar-refractivity contribution in [1.29, 1.82) is 0 Å². The average Bonchev–Trinajstić information content (AvgIpc) is 2.63. The molecule has 1 aliphatic heterocycles. The van der Waals surface area contributed by atoms with E-state index in [2.05, 4.69) is 20.4 Å². The van der Waals surface area contributed by atoms with Crippen LogP contribution in [0.5, 0.6) is 0 Å². The third-order valence-electron chi connectivity index (χ3n) is 2.14. The first kappa shape index (κ1) is 9.18. The molecule has 5 heteroatoms. The second kappa shape index (κ2) is 4.21. The van der Waals surface area contributed by atoms with Gasteiger partial charge in [0.15, 0.2) is 5.82 Å². The van der Waals surface area contributed by atoms with Crippen LogP contribution >= 0.6 is 0 Å². The normalized spacial score (nSPS) is 16.5. The Balaban J connectivity index is 1.84. The summed E-state index contributed by atoms with van der Waals surface area (Å²) in [5.41, 5.74) is 0. The Kier molecular flexibility index (Phi) is 2.76. The zero-order valence-corrected chi connectivity index (χ0v) is 8.29. The molecule has 76 valence electrons. The van der Waals surface area contributed by atoms with Crippen molar-refractivity contribution in [3.63, 3.8) is 0 Å². The van der Waals surface area contributed by atoms with E-state index in [1.165, 1.54) is 12.8 Å². The fourth-order valence-corrected chi connectivity index (χ4v) is 1.44. The molecule has 5 nitrogen and oxygen atoms in total. The van der Waals surface area contributed by atoms with Crippen LogP contribution in [0.3, 0.4) is 0 Å². The number of nitrogens with one attached hydrogen (secondary N) is 1. The van der Waals surface area contributed by atoms with E-state index in [4.69, 9.17) is 4.52 Å². The zero-order chi connectivity index (χ0) is 9.80. The third-order valence-corrected chi connectivity index (χ3v) is 2.14. The van der Waals surface area contributed by atoms with Gasteiger partial charge in [-0.05, 0) is 12.8 Å². The summed E-state index contributed by atoms with van der Waals surface area (Å²) in [5.74, 6) is 2.36. The minimum Gasteiger partial charge on any atom is -0.366 e. The van der Waals surface area contributed by atoms with E-state index >= 15 is 0 Å². The van der Waals surface area contributed by atoms with E-state index in [0.29, 0.717) is 18.3 Å². The highest BCUT2D eigenvalue weighted by atomic mass is 16.5. The fourth-order valence-electron chi connectivity index (χ4n) is 1.44. The van der Waals surface area contributed by atoms with Crippen LogP contribution in [0, 0.1) is 6.92 Å². The van der Waals surface area contributed by atoms with Crippen LogP contribution in [0.1, 0.15) is 31.0 Å². The van der Waals surface area contributed by atoms with Gasteiger partial charge in [0.1, 0.15) is 0 Å². The monoisotopic (exact) mass is 194 g/mol. The molecule has 0 aliphatic carbocycles. The molecule has 1 aliphatic rings. The number of amidine groups is 1. The quantitative estimate of drug-likeness (QED) is 0.764. The molecule has 0 radical (unpaired) electrons. The van der Waals surface area contributed by atoms with Crippen molar-refractivity contribution in [3.05, 3.63) is 11.7 Å². The maximum absolute atomic E-state index is 4.86. The van der Waals surface area contributed by atoms with Gasteiger partial charge in [0.05, 0.1) is 12.4 Å². The van der Waals surface area contributed by atoms with Crippen LogP contribution < -0.4 is 5.32 Å². The molecule has 0 amide bonds. The van der Waals surface area contributed by atoms with Crippen molar-refractivity contribution < 1.29 is 4.52 Å². The maximum Gasteiger partial charge on any atom is 0.223 e. The molecule has 0 aromatic carbocycles. The Morgan fingerprint density at radius 2 is 2.36 bits per heavy atom. The summed E-state index contributed by atoms with van der Waals surface area (Å²) >= 11 is 0. The summed E-state index contributed by atoms with van der Waals surface area (Å²) < 4.78 is 4.86.